The predicted molar refractivity (Wildman–Crippen MR) is 83.6 cm³/mol. The van der Waals surface area contributed by atoms with Gasteiger partial charge in [0.1, 0.15) is 4.75 Å². The van der Waals surface area contributed by atoms with E-state index in [-0.39, 0.29) is 43.3 Å². The maximum absolute atomic E-state index is 12.5. The summed E-state index contributed by atoms with van der Waals surface area (Å²) in [5.41, 5.74) is 0. The first-order valence-electron chi connectivity index (χ1n) is 7.88. The van der Waals surface area contributed by atoms with E-state index >= 15 is 0 Å². The van der Waals surface area contributed by atoms with Gasteiger partial charge in [-0.15, -0.1) is 0 Å². The average Bonchev–Trinajstić information content (AvgIpc) is 2.75. The predicted octanol–water partition coefficient (Wildman–Crippen LogP) is 0.671. The summed E-state index contributed by atoms with van der Waals surface area (Å²) in [5.74, 6) is 0.0696. The Morgan fingerprint density at radius 2 is 2.09 bits per heavy atom. The van der Waals surface area contributed by atoms with Crippen LogP contribution in [-0.2, 0) is 14.6 Å². The number of ether oxygens (including phenoxy) is 1. The molecule has 23 heavy (non-hydrogen) atoms. The molecule has 3 rings (SSSR count). The molecular weight excluding hydrogens is 318 g/mol. The van der Waals surface area contributed by atoms with Crippen molar-refractivity contribution in [3.05, 3.63) is 18.5 Å². The second-order valence-corrected chi connectivity index (χ2v) is 8.66. The van der Waals surface area contributed by atoms with Crippen LogP contribution in [0, 0.1) is 5.92 Å². The Morgan fingerprint density at radius 1 is 1.39 bits per heavy atom. The van der Waals surface area contributed by atoms with Gasteiger partial charge in [0.15, 0.2) is 9.84 Å². The van der Waals surface area contributed by atoms with Crippen LogP contribution < -0.4 is 4.74 Å². The fraction of sp³-hybridized carbons (Fsp3) is 0.667. The van der Waals surface area contributed by atoms with Crippen LogP contribution in [0.5, 0.6) is 6.01 Å². The summed E-state index contributed by atoms with van der Waals surface area (Å²) in [7, 11) is -3.20. The molecule has 1 amide bonds. The third kappa shape index (κ3) is 2.80. The molecule has 0 radical (unpaired) electrons. The number of hydrogen-bond donors (Lipinski definition) is 0. The van der Waals surface area contributed by atoms with Gasteiger partial charge in [0, 0.05) is 37.8 Å². The Kier molecular flexibility index (Phi) is 4.27. The Bertz CT molecular complexity index is 671. The van der Waals surface area contributed by atoms with Crippen molar-refractivity contribution in [2.24, 2.45) is 5.92 Å². The molecule has 0 saturated carbocycles. The zero-order chi connectivity index (χ0) is 16.5. The van der Waals surface area contributed by atoms with Crippen molar-refractivity contribution in [1.29, 1.82) is 0 Å². The van der Waals surface area contributed by atoms with E-state index in [1.165, 1.54) is 0 Å². The van der Waals surface area contributed by atoms with E-state index < -0.39 is 14.6 Å². The maximum Gasteiger partial charge on any atom is 0.316 e. The summed E-state index contributed by atoms with van der Waals surface area (Å²) in [5, 5.41) is 0. The highest BCUT2D eigenvalue weighted by Gasteiger charge is 2.62. The Morgan fingerprint density at radius 3 is 2.74 bits per heavy atom. The molecule has 0 unspecified atom stereocenters. The van der Waals surface area contributed by atoms with E-state index in [0.29, 0.717) is 12.8 Å². The number of hydrogen-bond acceptors (Lipinski definition) is 6. The summed E-state index contributed by atoms with van der Waals surface area (Å²) >= 11 is 0. The Balaban J connectivity index is 1.68. The summed E-state index contributed by atoms with van der Waals surface area (Å²) in [6.07, 6.45) is 4.96. The number of sulfone groups is 1. The standard InChI is InChI=1S/C15H21N3O4S/c1-2-4-13(19)18-10-15(11-18)12(5-8-23(15,20)21)9-22-14-16-6-3-7-17-14/h3,6-7,12H,2,4-5,8-11H2,1H3/t12-/m0/s1. The van der Waals surface area contributed by atoms with E-state index in [0.717, 1.165) is 6.42 Å². The van der Waals surface area contributed by atoms with Gasteiger partial charge in [-0.3, -0.25) is 4.79 Å². The molecule has 0 aromatic carbocycles. The Labute approximate surface area is 136 Å². The van der Waals surface area contributed by atoms with Crippen LogP contribution in [0.3, 0.4) is 0 Å². The molecule has 8 heteroatoms. The molecule has 7 nitrogen and oxygen atoms in total. The van der Waals surface area contributed by atoms with Crippen molar-refractivity contribution in [3.8, 4) is 6.01 Å². The SMILES string of the molecule is CCCC(=O)N1CC2(C1)[C@H](COc1ncccn1)CCS2(=O)=O. The monoisotopic (exact) mass is 339 g/mol. The van der Waals surface area contributed by atoms with Gasteiger partial charge in [0.25, 0.3) is 0 Å². The van der Waals surface area contributed by atoms with Crippen LogP contribution in [0.1, 0.15) is 26.2 Å². The lowest BCUT2D eigenvalue weighted by molar-refractivity contribution is -0.137. The molecule has 2 fully saturated rings. The highest BCUT2D eigenvalue weighted by atomic mass is 32.2. The van der Waals surface area contributed by atoms with E-state index in [9.17, 15) is 13.2 Å². The second-order valence-electron chi connectivity index (χ2n) is 6.21. The number of amides is 1. The summed E-state index contributed by atoms with van der Waals surface area (Å²) in [6, 6.07) is 1.95. The number of nitrogens with zero attached hydrogens (tertiary/aromatic N) is 3. The fourth-order valence-corrected chi connectivity index (χ4v) is 5.79. The van der Waals surface area contributed by atoms with E-state index in [1.54, 1.807) is 23.4 Å². The van der Waals surface area contributed by atoms with Gasteiger partial charge in [-0.05, 0) is 18.9 Å². The zero-order valence-corrected chi connectivity index (χ0v) is 14.0. The molecule has 2 aliphatic heterocycles. The lowest BCUT2D eigenvalue weighted by Gasteiger charge is -2.49. The van der Waals surface area contributed by atoms with Crippen molar-refractivity contribution in [3.63, 3.8) is 0 Å². The van der Waals surface area contributed by atoms with Gasteiger partial charge >= 0.3 is 6.01 Å². The minimum absolute atomic E-state index is 0.0336. The van der Waals surface area contributed by atoms with Crippen LogP contribution in [0.4, 0.5) is 0 Å². The number of aromatic nitrogens is 2. The second kappa shape index (κ2) is 6.07. The smallest absolute Gasteiger partial charge is 0.316 e. The number of rotatable bonds is 5. The lowest BCUT2D eigenvalue weighted by atomic mass is 9.83. The maximum atomic E-state index is 12.5. The third-order valence-corrected chi connectivity index (χ3v) is 7.39. The molecule has 0 aliphatic carbocycles. The zero-order valence-electron chi connectivity index (χ0n) is 13.1. The summed E-state index contributed by atoms with van der Waals surface area (Å²) < 4.78 is 29.7. The van der Waals surface area contributed by atoms with E-state index in [1.807, 2.05) is 6.92 Å². The Hall–Kier alpha value is -1.70. The van der Waals surface area contributed by atoms with Crippen molar-refractivity contribution in [1.82, 2.24) is 14.9 Å². The lowest BCUT2D eigenvalue weighted by Crippen LogP contribution is -2.68. The fourth-order valence-electron chi connectivity index (χ4n) is 3.39. The molecule has 3 heterocycles. The summed E-state index contributed by atoms with van der Waals surface area (Å²) in [4.78, 5) is 21.6. The van der Waals surface area contributed by atoms with Crippen LogP contribution in [0.25, 0.3) is 0 Å². The largest absolute Gasteiger partial charge is 0.463 e. The average molecular weight is 339 g/mol. The number of likely N-dealkylation sites (tertiary alicyclic amines) is 1. The molecule has 1 atom stereocenters. The van der Waals surface area contributed by atoms with Crippen molar-refractivity contribution in [2.45, 2.75) is 30.9 Å². The molecule has 0 N–H and O–H groups in total. The van der Waals surface area contributed by atoms with Gasteiger partial charge in [-0.1, -0.05) is 6.92 Å². The first-order valence-corrected chi connectivity index (χ1v) is 9.53. The van der Waals surface area contributed by atoms with Crippen molar-refractivity contribution in [2.75, 3.05) is 25.4 Å². The van der Waals surface area contributed by atoms with Gasteiger partial charge in [0.2, 0.25) is 5.91 Å². The first-order chi connectivity index (χ1) is 11.0. The molecule has 0 bridgehead atoms. The third-order valence-electron chi connectivity index (χ3n) is 4.79. The van der Waals surface area contributed by atoms with Crippen molar-refractivity contribution < 1.29 is 17.9 Å². The first kappa shape index (κ1) is 16.2. The van der Waals surface area contributed by atoms with E-state index in [4.69, 9.17) is 4.74 Å². The minimum Gasteiger partial charge on any atom is -0.463 e. The topological polar surface area (TPSA) is 89.5 Å². The molecule has 126 valence electrons. The molecule has 2 aliphatic rings. The van der Waals surface area contributed by atoms with Crippen molar-refractivity contribution >= 4 is 15.7 Å². The highest BCUT2D eigenvalue weighted by Crippen LogP contribution is 2.45. The molecular formula is C15H21N3O4S. The van der Waals surface area contributed by atoms with Gasteiger partial charge in [-0.25, -0.2) is 18.4 Å². The van der Waals surface area contributed by atoms with Gasteiger partial charge < -0.3 is 9.64 Å². The normalized spacial score (nSPS) is 24.4. The highest BCUT2D eigenvalue weighted by molar-refractivity contribution is 7.93. The molecule has 1 aromatic heterocycles. The van der Waals surface area contributed by atoms with Crippen LogP contribution in [0.15, 0.2) is 18.5 Å². The van der Waals surface area contributed by atoms with Crippen LogP contribution >= 0.6 is 0 Å². The molecule has 1 spiro atoms. The van der Waals surface area contributed by atoms with Crippen LogP contribution in [0.2, 0.25) is 0 Å². The van der Waals surface area contributed by atoms with E-state index in [2.05, 4.69) is 9.97 Å². The summed E-state index contributed by atoms with van der Waals surface area (Å²) in [6.45, 7) is 2.78. The number of carbonyl (C=O) groups is 1. The minimum atomic E-state index is -3.20. The van der Waals surface area contributed by atoms with Gasteiger partial charge in [0.05, 0.1) is 12.4 Å². The van der Waals surface area contributed by atoms with Gasteiger partial charge in [-0.2, -0.15) is 0 Å². The quantitative estimate of drug-likeness (QED) is 0.783. The molecule has 1 aromatic rings. The number of carbonyl (C=O) groups excluding carboxylic acids is 1. The molecule has 2 saturated heterocycles. The van der Waals surface area contributed by atoms with Crippen LogP contribution in [-0.4, -0.2) is 59.4 Å².